The zero-order valence-electron chi connectivity index (χ0n) is 8.50. The topological polar surface area (TPSA) is 43.1 Å². The molecule has 1 aromatic carbocycles. The molecule has 0 radical (unpaired) electrons. The van der Waals surface area contributed by atoms with Gasteiger partial charge in [0.2, 0.25) is 6.41 Å². The van der Waals surface area contributed by atoms with Gasteiger partial charge in [-0.15, -0.1) is 6.58 Å². The van der Waals surface area contributed by atoms with Crippen molar-refractivity contribution >= 4 is 6.41 Å². The molecular weight excluding hydrogens is 219 g/mol. The van der Waals surface area contributed by atoms with Crippen LogP contribution >= 0.6 is 0 Å². The summed E-state index contributed by atoms with van der Waals surface area (Å²) in [7, 11) is 0. The van der Waals surface area contributed by atoms with Crippen LogP contribution in [0.1, 0.15) is 11.1 Å². The molecule has 2 nitrogen and oxygen atoms in total. The first-order chi connectivity index (χ1) is 7.45. The van der Waals surface area contributed by atoms with Gasteiger partial charge in [0.25, 0.3) is 0 Å². The van der Waals surface area contributed by atoms with Crippen LogP contribution in [0.15, 0.2) is 36.9 Å². The fraction of sp³-hybridized carbons (Fsp3) is 0.182. The van der Waals surface area contributed by atoms with Crippen molar-refractivity contribution in [1.29, 1.82) is 0 Å². The highest BCUT2D eigenvalue weighted by molar-refractivity contribution is 5.42. The molecule has 0 aliphatic rings. The minimum atomic E-state index is -4.25. The van der Waals surface area contributed by atoms with Crippen LogP contribution in [0.25, 0.3) is 0 Å². The zero-order chi connectivity index (χ0) is 12.6. The van der Waals surface area contributed by atoms with Crippen LogP contribution in [0.3, 0.4) is 0 Å². The maximum atomic E-state index is 12.2. The summed E-state index contributed by atoms with van der Waals surface area (Å²) >= 11 is 0. The molecule has 0 aliphatic carbocycles. The van der Waals surface area contributed by atoms with Crippen LogP contribution in [0.2, 0.25) is 0 Å². The summed E-state index contributed by atoms with van der Waals surface area (Å²) < 4.78 is 36.5. The Labute approximate surface area is 91.6 Å². The van der Waals surface area contributed by atoms with Gasteiger partial charge in [-0.25, -0.2) is 0 Å². The quantitative estimate of drug-likeness (QED) is 0.616. The van der Waals surface area contributed by atoms with Crippen molar-refractivity contribution in [2.24, 2.45) is 5.73 Å². The molecule has 1 amide bonds. The van der Waals surface area contributed by atoms with Gasteiger partial charge in [0.05, 0.1) is 5.56 Å². The Morgan fingerprint density at radius 2 is 1.94 bits per heavy atom. The number of halogens is 3. The number of hydrogen-bond acceptors (Lipinski definition) is 1. The number of benzene rings is 1. The third-order valence-corrected chi connectivity index (χ3v) is 1.63. The highest BCUT2D eigenvalue weighted by atomic mass is 19.4. The van der Waals surface area contributed by atoms with E-state index >= 15 is 0 Å². The summed E-state index contributed by atoms with van der Waals surface area (Å²) in [6.45, 7) is 3.47. The van der Waals surface area contributed by atoms with Gasteiger partial charge in [0, 0.05) is 0 Å². The minimum Gasteiger partial charge on any atom is -0.372 e. The number of rotatable bonds is 2. The van der Waals surface area contributed by atoms with E-state index in [1.54, 1.807) is 12.1 Å². The summed E-state index contributed by atoms with van der Waals surface area (Å²) in [6.07, 6.45) is -1.96. The SMILES string of the molecule is C=CCc1cccc(C(F)(F)F)c1.NC=O. The first kappa shape index (κ1) is 14.2. The lowest BCUT2D eigenvalue weighted by Gasteiger charge is -2.07. The number of nitrogens with two attached hydrogens (primary N) is 1. The van der Waals surface area contributed by atoms with Crippen LogP contribution in [0.5, 0.6) is 0 Å². The van der Waals surface area contributed by atoms with Crippen molar-refractivity contribution in [1.82, 2.24) is 0 Å². The van der Waals surface area contributed by atoms with Gasteiger partial charge >= 0.3 is 6.18 Å². The smallest absolute Gasteiger partial charge is 0.372 e. The van der Waals surface area contributed by atoms with Gasteiger partial charge in [0.15, 0.2) is 0 Å². The van der Waals surface area contributed by atoms with Crippen molar-refractivity contribution in [3.8, 4) is 0 Å². The third-order valence-electron chi connectivity index (χ3n) is 1.63. The minimum absolute atomic E-state index is 0.250. The monoisotopic (exact) mass is 231 g/mol. The normalized spacial score (nSPS) is 9.94. The van der Waals surface area contributed by atoms with Gasteiger partial charge in [-0.1, -0.05) is 24.3 Å². The molecule has 1 rings (SSSR count). The number of carbonyl (C=O) groups is 1. The predicted molar refractivity (Wildman–Crippen MR) is 55.6 cm³/mol. The summed E-state index contributed by atoms with van der Waals surface area (Å²) in [6, 6.07) is 5.26. The van der Waals surface area contributed by atoms with Crippen molar-refractivity contribution < 1.29 is 18.0 Å². The highest BCUT2D eigenvalue weighted by Gasteiger charge is 2.30. The van der Waals surface area contributed by atoms with E-state index in [-0.39, 0.29) is 6.41 Å². The second-order valence-electron chi connectivity index (χ2n) is 2.83. The Morgan fingerprint density at radius 1 is 1.38 bits per heavy atom. The Morgan fingerprint density at radius 3 is 2.38 bits per heavy atom. The van der Waals surface area contributed by atoms with Gasteiger partial charge in [0.1, 0.15) is 0 Å². The van der Waals surface area contributed by atoms with Crippen molar-refractivity contribution in [3.63, 3.8) is 0 Å². The van der Waals surface area contributed by atoms with Gasteiger partial charge in [-0.3, -0.25) is 4.79 Å². The van der Waals surface area contributed by atoms with E-state index in [1.807, 2.05) is 0 Å². The lowest BCUT2D eigenvalue weighted by Crippen LogP contribution is -2.04. The average molecular weight is 231 g/mol. The van der Waals surface area contributed by atoms with Gasteiger partial charge < -0.3 is 5.73 Å². The van der Waals surface area contributed by atoms with Crippen LogP contribution in [-0.4, -0.2) is 6.41 Å². The number of primary amides is 1. The van der Waals surface area contributed by atoms with E-state index in [4.69, 9.17) is 4.79 Å². The summed E-state index contributed by atoms with van der Waals surface area (Å²) in [5.41, 5.74) is 4.19. The Kier molecular flexibility index (Phi) is 5.92. The molecule has 1 aromatic rings. The van der Waals surface area contributed by atoms with E-state index in [0.717, 1.165) is 12.1 Å². The second kappa shape index (κ2) is 6.66. The van der Waals surface area contributed by atoms with Crippen LogP contribution in [0, 0.1) is 0 Å². The number of hydrogen-bond donors (Lipinski definition) is 1. The molecule has 2 N–H and O–H groups in total. The van der Waals surface area contributed by atoms with E-state index in [0.29, 0.717) is 12.0 Å². The molecule has 0 heterocycles. The molecule has 88 valence electrons. The maximum absolute atomic E-state index is 12.2. The zero-order valence-corrected chi connectivity index (χ0v) is 8.50. The van der Waals surface area contributed by atoms with Gasteiger partial charge in [-0.05, 0) is 18.1 Å². The maximum Gasteiger partial charge on any atom is 0.416 e. The number of carbonyl (C=O) groups excluding carboxylic acids is 1. The Bertz CT molecular complexity index is 347. The van der Waals surface area contributed by atoms with Crippen molar-refractivity contribution in [2.45, 2.75) is 12.6 Å². The van der Waals surface area contributed by atoms with E-state index in [9.17, 15) is 13.2 Å². The van der Waals surface area contributed by atoms with E-state index < -0.39 is 11.7 Å². The first-order valence-corrected chi connectivity index (χ1v) is 4.38. The van der Waals surface area contributed by atoms with Crippen LogP contribution in [-0.2, 0) is 17.4 Å². The lowest BCUT2D eigenvalue weighted by atomic mass is 10.1. The molecular formula is C11H12F3NO. The molecule has 0 atom stereocenters. The number of amides is 1. The second-order valence-corrected chi connectivity index (χ2v) is 2.83. The summed E-state index contributed by atoms with van der Waals surface area (Å²) in [4.78, 5) is 8.58. The molecule has 0 unspecified atom stereocenters. The molecule has 16 heavy (non-hydrogen) atoms. The third kappa shape index (κ3) is 5.19. The van der Waals surface area contributed by atoms with Gasteiger partial charge in [-0.2, -0.15) is 13.2 Å². The molecule has 0 saturated heterocycles. The fourth-order valence-electron chi connectivity index (χ4n) is 1.04. The molecule has 0 saturated carbocycles. The number of allylic oxidation sites excluding steroid dienone is 1. The summed E-state index contributed by atoms with van der Waals surface area (Å²) in [5, 5.41) is 0. The van der Waals surface area contributed by atoms with Crippen LogP contribution in [0.4, 0.5) is 13.2 Å². The Hall–Kier alpha value is -1.78. The van der Waals surface area contributed by atoms with Crippen molar-refractivity contribution in [2.75, 3.05) is 0 Å². The summed E-state index contributed by atoms with van der Waals surface area (Å²) in [5.74, 6) is 0. The molecule has 0 spiro atoms. The lowest BCUT2D eigenvalue weighted by molar-refractivity contribution is -0.137. The molecule has 0 aromatic heterocycles. The highest BCUT2D eigenvalue weighted by Crippen LogP contribution is 2.29. The largest absolute Gasteiger partial charge is 0.416 e. The molecule has 0 fully saturated rings. The standard InChI is InChI=1S/C10H9F3.CH3NO/c1-2-4-8-5-3-6-9(7-8)10(11,12)13;2-1-3/h2-3,5-7H,1,4H2;1H,(H2,2,3). The number of alkyl halides is 3. The Balaban J connectivity index is 0.000000673. The van der Waals surface area contributed by atoms with E-state index in [1.165, 1.54) is 6.07 Å². The fourth-order valence-corrected chi connectivity index (χ4v) is 1.04. The van der Waals surface area contributed by atoms with Crippen molar-refractivity contribution in [3.05, 3.63) is 48.0 Å². The van der Waals surface area contributed by atoms with Crippen LogP contribution < -0.4 is 5.73 Å². The first-order valence-electron chi connectivity index (χ1n) is 4.38. The molecule has 0 bridgehead atoms. The average Bonchev–Trinajstić information content (AvgIpc) is 2.18. The molecule has 5 heteroatoms. The predicted octanol–water partition coefficient (Wildman–Crippen LogP) is 2.54. The molecule has 0 aliphatic heterocycles. The van der Waals surface area contributed by atoms with E-state index in [2.05, 4.69) is 12.3 Å².